The van der Waals surface area contributed by atoms with Crippen molar-refractivity contribution < 1.29 is 23.7 Å². The second-order valence-corrected chi connectivity index (χ2v) is 7.72. The average molecular weight is 471 g/mol. The van der Waals surface area contributed by atoms with Crippen LogP contribution in [0.15, 0.2) is 54.7 Å². The summed E-state index contributed by atoms with van der Waals surface area (Å²) < 4.78 is 22.2. The van der Waals surface area contributed by atoms with Crippen LogP contribution in [0.25, 0.3) is 0 Å². The molecule has 33 heavy (non-hydrogen) atoms. The van der Waals surface area contributed by atoms with E-state index in [1.807, 2.05) is 13.0 Å². The summed E-state index contributed by atoms with van der Waals surface area (Å²) in [5, 5.41) is 0.638. The molecule has 0 aliphatic heterocycles. The molecule has 3 rings (SSSR count). The van der Waals surface area contributed by atoms with Gasteiger partial charge >= 0.3 is 0 Å². The van der Waals surface area contributed by atoms with Crippen molar-refractivity contribution in [1.82, 2.24) is 4.98 Å². The first-order chi connectivity index (χ1) is 15.9. The lowest BCUT2D eigenvalue weighted by molar-refractivity contribution is -0.124. The predicted molar refractivity (Wildman–Crippen MR) is 128 cm³/mol. The second-order valence-electron chi connectivity index (χ2n) is 7.32. The first-order valence-electron chi connectivity index (χ1n) is 10.3. The molecule has 1 atom stereocenters. The normalized spacial score (nSPS) is 11.5. The average Bonchev–Trinajstić information content (AvgIpc) is 2.84. The Morgan fingerprint density at radius 3 is 2.27 bits per heavy atom. The maximum absolute atomic E-state index is 13.5. The third-order valence-corrected chi connectivity index (χ3v) is 5.47. The third kappa shape index (κ3) is 5.68. The van der Waals surface area contributed by atoms with Crippen molar-refractivity contribution in [2.75, 3.05) is 26.2 Å². The van der Waals surface area contributed by atoms with E-state index < -0.39 is 6.10 Å². The second kappa shape index (κ2) is 10.9. The van der Waals surface area contributed by atoms with Crippen LogP contribution in [0, 0.1) is 6.92 Å². The Hall–Kier alpha value is -3.45. The van der Waals surface area contributed by atoms with Crippen molar-refractivity contribution in [3.05, 3.63) is 70.9 Å². The zero-order valence-electron chi connectivity index (χ0n) is 19.3. The Labute approximate surface area is 198 Å². The molecule has 2 aromatic carbocycles. The molecule has 0 saturated carbocycles. The summed E-state index contributed by atoms with van der Waals surface area (Å²) in [7, 11) is 4.64. The van der Waals surface area contributed by atoms with E-state index in [1.54, 1.807) is 81.8 Å². The van der Waals surface area contributed by atoms with Gasteiger partial charge in [-0.1, -0.05) is 17.7 Å². The zero-order valence-corrected chi connectivity index (χ0v) is 20.1. The Balaban J connectivity index is 1.92. The number of hydrogen-bond acceptors (Lipinski definition) is 6. The molecule has 0 bridgehead atoms. The molecular formula is C25H27ClN2O5. The van der Waals surface area contributed by atoms with Crippen molar-refractivity contribution in [1.29, 1.82) is 0 Å². The number of halogens is 1. The molecular weight excluding hydrogens is 444 g/mol. The summed E-state index contributed by atoms with van der Waals surface area (Å²) in [4.78, 5) is 19.4. The molecule has 3 aromatic rings. The maximum Gasteiger partial charge on any atom is 0.269 e. The van der Waals surface area contributed by atoms with Gasteiger partial charge in [0.05, 0.1) is 27.9 Å². The molecule has 0 saturated heterocycles. The fraction of sp³-hybridized carbons (Fsp3) is 0.280. The molecule has 0 aliphatic carbocycles. The Bertz CT molecular complexity index is 1080. The first-order valence-corrected chi connectivity index (χ1v) is 10.7. The van der Waals surface area contributed by atoms with Crippen LogP contribution in [0.4, 0.5) is 5.82 Å². The van der Waals surface area contributed by atoms with E-state index in [2.05, 4.69) is 4.98 Å². The maximum atomic E-state index is 13.5. The van der Waals surface area contributed by atoms with Gasteiger partial charge in [-0.05, 0) is 67.4 Å². The molecule has 8 heteroatoms. The summed E-state index contributed by atoms with van der Waals surface area (Å²) in [6.45, 7) is 3.81. The molecule has 174 valence electrons. The highest BCUT2D eigenvalue weighted by molar-refractivity contribution is 6.31. The number of methoxy groups -OCH3 is 3. The highest BCUT2D eigenvalue weighted by atomic mass is 35.5. The van der Waals surface area contributed by atoms with Crippen LogP contribution in [0.2, 0.25) is 5.02 Å². The zero-order chi connectivity index (χ0) is 24.0. The van der Waals surface area contributed by atoms with E-state index in [1.165, 1.54) is 0 Å². The summed E-state index contributed by atoms with van der Waals surface area (Å²) in [5.41, 5.74) is 1.64. The number of hydrogen-bond donors (Lipinski definition) is 0. The topological polar surface area (TPSA) is 70.1 Å². The Kier molecular flexibility index (Phi) is 8.01. The van der Waals surface area contributed by atoms with Crippen LogP contribution in [0.5, 0.6) is 23.0 Å². The van der Waals surface area contributed by atoms with Crippen LogP contribution in [0.3, 0.4) is 0 Å². The van der Waals surface area contributed by atoms with Gasteiger partial charge in [0.2, 0.25) is 5.75 Å². The number of rotatable bonds is 9. The van der Waals surface area contributed by atoms with Crippen LogP contribution >= 0.6 is 11.6 Å². The lowest BCUT2D eigenvalue weighted by Crippen LogP contribution is -2.40. The van der Waals surface area contributed by atoms with Gasteiger partial charge in [0, 0.05) is 11.2 Å². The molecule has 0 unspecified atom stereocenters. The Morgan fingerprint density at radius 1 is 1.03 bits per heavy atom. The van der Waals surface area contributed by atoms with Crippen molar-refractivity contribution in [2.45, 2.75) is 26.5 Å². The molecule has 0 N–H and O–H groups in total. The van der Waals surface area contributed by atoms with Crippen LogP contribution < -0.4 is 23.8 Å². The van der Waals surface area contributed by atoms with Gasteiger partial charge in [-0.3, -0.25) is 9.69 Å². The number of carbonyl (C=O) groups excluding carboxylic acids is 1. The van der Waals surface area contributed by atoms with Crippen molar-refractivity contribution >= 4 is 23.3 Å². The fourth-order valence-corrected chi connectivity index (χ4v) is 3.48. The van der Waals surface area contributed by atoms with Crippen LogP contribution in [0.1, 0.15) is 18.1 Å². The van der Waals surface area contributed by atoms with Gasteiger partial charge in [0.15, 0.2) is 17.6 Å². The molecule has 1 heterocycles. The van der Waals surface area contributed by atoms with E-state index in [0.717, 1.165) is 11.1 Å². The molecule has 0 fully saturated rings. The van der Waals surface area contributed by atoms with Crippen LogP contribution in [-0.2, 0) is 11.3 Å². The molecule has 0 aliphatic rings. The number of anilines is 1. The van der Waals surface area contributed by atoms with E-state index in [0.29, 0.717) is 33.8 Å². The number of benzene rings is 2. The third-order valence-electron chi connectivity index (χ3n) is 5.05. The van der Waals surface area contributed by atoms with Crippen molar-refractivity contribution in [3.63, 3.8) is 0 Å². The molecule has 7 nitrogen and oxygen atoms in total. The lowest BCUT2D eigenvalue weighted by Gasteiger charge is -2.26. The van der Waals surface area contributed by atoms with Gasteiger partial charge in [0.25, 0.3) is 5.91 Å². The minimum absolute atomic E-state index is 0.222. The van der Waals surface area contributed by atoms with E-state index in [4.69, 9.17) is 30.5 Å². The van der Waals surface area contributed by atoms with Crippen molar-refractivity contribution in [2.24, 2.45) is 0 Å². The Morgan fingerprint density at radius 2 is 1.73 bits per heavy atom. The summed E-state index contributed by atoms with van der Waals surface area (Å²) in [6.07, 6.45) is 0.869. The molecule has 1 aromatic heterocycles. The number of pyridine rings is 1. The van der Waals surface area contributed by atoms with Gasteiger partial charge in [-0.15, -0.1) is 0 Å². The molecule has 1 amide bonds. The predicted octanol–water partition coefficient (Wildman–Crippen LogP) is 5.07. The van der Waals surface area contributed by atoms with E-state index >= 15 is 0 Å². The number of carbonyl (C=O) groups is 1. The quantitative estimate of drug-likeness (QED) is 0.435. The van der Waals surface area contributed by atoms with Gasteiger partial charge in [-0.25, -0.2) is 4.98 Å². The summed E-state index contributed by atoms with van der Waals surface area (Å²) in [5.74, 6) is 2.29. The van der Waals surface area contributed by atoms with E-state index in [-0.39, 0.29) is 12.5 Å². The summed E-state index contributed by atoms with van der Waals surface area (Å²) in [6, 6.07) is 14.3. The molecule has 0 spiro atoms. The number of amides is 1. The standard InChI is InChI=1S/C25H27ClN2O5/c1-16-12-19(9-10-20(16)26)33-17(2)25(29)28(23-8-6-7-11-27-23)15-18-13-21(30-3)24(32-5)22(14-18)31-4/h6-14,17H,15H2,1-5H3/t17-/m1/s1. The van der Waals surface area contributed by atoms with Gasteiger partial charge in [0.1, 0.15) is 11.6 Å². The smallest absolute Gasteiger partial charge is 0.269 e. The first kappa shape index (κ1) is 24.2. The lowest BCUT2D eigenvalue weighted by atomic mass is 10.1. The minimum atomic E-state index is -0.769. The number of aryl methyl sites for hydroxylation is 1. The highest BCUT2D eigenvalue weighted by Gasteiger charge is 2.26. The highest BCUT2D eigenvalue weighted by Crippen LogP contribution is 2.38. The SMILES string of the molecule is COc1cc(CN(C(=O)[C@@H](C)Oc2ccc(Cl)c(C)c2)c2ccccn2)cc(OC)c1OC. The largest absolute Gasteiger partial charge is 0.493 e. The van der Waals surface area contributed by atoms with E-state index in [9.17, 15) is 4.79 Å². The van der Waals surface area contributed by atoms with Crippen LogP contribution in [-0.4, -0.2) is 38.3 Å². The minimum Gasteiger partial charge on any atom is -0.493 e. The fourth-order valence-electron chi connectivity index (χ4n) is 3.36. The van der Waals surface area contributed by atoms with Crippen molar-refractivity contribution in [3.8, 4) is 23.0 Å². The number of nitrogens with zero attached hydrogens (tertiary/aromatic N) is 2. The van der Waals surface area contributed by atoms with Gasteiger partial charge in [-0.2, -0.15) is 0 Å². The number of aromatic nitrogens is 1. The summed E-state index contributed by atoms with van der Waals surface area (Å²) >= 11 is 6.10. The molecule has 0 radical (unpaired) electrons. The van der Waals surface area contributed by atoms with Gasteiger partial charge < -0.3 is 18.9 Å². The monoisotopic (exact) mass is 470 g/mol. The number of ether oxygens (including phenoxy) is 4.